The van der Waals surface area contributed by atoms with Gasteiger partial charge in [-0.15, -0.1) is 0 Å². The van der Waals surface area contributed by atoms with E-state index in [2.05, 4.69) is 0 Å². The molecule has 0 N–H and O–H groups in total. The van der Waals surface area contributed by atoms with E-state index in [1.807, 2.05) is 0 Å². The summed E-state index contributed by atoms with van der Waals surface area (Å²) in [4.78, 5) is 0. The van der Waals surface area contributed by atoms with Gasteiger partial charge in [-0.2, -0.15) is 0 Å². The van der Waals surface area contributed by atoms with Crippen LogP contribution in [0.5, 0.6) is 0 Å². The normalized spacial score (nSPS) is 32.8. The fraction of sp³-hybridized carbons (Fsp3) is 1.00. The Morgan fingerprint density at radius 3 is 1.30 bits per heavy atom. The van der Waals surface area contributed by atoms with Gasteiger partial charge in [0.2, 0.25) is 0 Å². The van der Waals surface area contributed by atoms with Crippen LogP contribution in [-0.2, 0) is 9.84 Å². The molecule has 0 spiro atoms. The fourth-order valence-corrected chi connectivity index (χ4v) is 4.23. The van der Waals surface area contributed by atoms with Gasteiger partial charge < -0.3 is 0 Å². The number of hydrogen-bond donors (Lipinski definition) is 0. The molecular weight excluding hydrogens is 148 g/mol. The topological polar surface area (TPSA) is 34.1 Å². The van der Waals surface area contributed by atoms with Crippen molar-refractivity contribution < 1.29 is 8.42 Å². The van der Waals surface area contributed by atoms with E-state index in [1.54, 1.807) is 27.7 Å². The predicted octanol–water partition coefficient (Wildman–Crippen LogP) is 1.36. The van der Waals surface area contributed by atoms with Crippen LogP contribution >= 0.6 is 0 Å². The molecule has 1 saturated heterocycles. The predicted molar refractivity (Wildman–Crippen MR) is 41.7 cm³/mol. The molecular formula is C7H14O2S. The Bertz CT molecular complexity index is 227. The zero-order valence-corrected chi connectivity index (χ0v) is 7.75. The van der Waals surface area contributed by atoms with Gasteiger partial charge in [-0.3, -0.25) is 0 Å². The molecule has 0 radical (unpaired) electrons. The molecule has 0 aliphatic carbocycles. The van der Waals surface area contributed by atoms with Crippen molar-refractivity contribution in [3.8, 4) is 0 Å². The molecule has 0 bridgehead atoms. The van der Waals surface area contributed by atoms with Crippen molar-refractivity contribution in [2.24, 2.45) is 0 Å². The van der Waals surface area contributed by atoms with Gasteiger partial charge in [-0.05, 0) is 34.1 Å². The molecule has 10 heavy (non-hydrogen) atoms. The molecule has 3 heteroatoms. The Kier molecular flexibility index (Phi) is 1.27. The minimum absolute atomic E-state index is 0.476. The number of rotatable bonds is 0. The molecule has 0 atom stereocenters. The summed E-state index contributed by atoms with van der Waals surface area (Å²) in [6.07, 6.45) is 0.780. The second kappa shape index (κ2) is 1.58. The summed E-state index contributed by atoms with van der Waals surface area (Å²) < 4.78 is 21.8. The van der Waals surface area contributed by atoms with Crippen LogP contribution < -0.4 is 0 Å². The Balaban J connectivity index is 3.09. The van der Waals surface area contributed by atoms with Crippen LogP contribution in [0.2, 0.25) is 0 Å². The first-order valence-corrected chi connectivity index (χ1v) is 4.93. The first-order chi connectivity index (χ1) is 4.21. The van der Waals surface area contributed by atoms with E-state index < -0.39 is 19.3 Å². The van der Waals surface area contributed by atoms with E-state index in [9.17, 15) is 8.42 Å². The SMILES string of the molecule is CC1(C)CC(C)(C)S1(=O)=O. The lowest BCUT2D eigenvalue weighted by atomic mass is 9.97. The first-order valence-electron chi connectivity index (χ1n) is 3.45. The summed E-state index contributed by atoms with van der Waals surface area (Å²) >= 11 is 0. The highest BCUT2D eigenvalue weighted by molar-refractivity contribution is 7.95. The highest BCUT2D eigenvalue weighted by Gasteiger charge is 2.58. The largest absolute Gasteiger partial charge is 0.228 e. The van der Waals surface area contributed by atoms with Crippen molar-refractivity contribution in [3.05, 3.63) is 0 Å². The van der Waals surface area contributed by atoms with Crippen LogP contribution in [0, 0.1) is 0 Å². The third-order valence-electron chi connectivity index (χ3n) is 2.31. The third kappa shape index (κ3) is 0.669. The second-order valence-corrected chi connectivity index (χ2v) is 7.42. The molecule has 0 aromatic heterocycles. The van der Waals surface area contributed by atoms with E-state index in [1.165, 1.54) is 0 Å². The Labute approximate surface area is 62.5 Å². The molecule has 0 amide bonds. The van der Waals surface area contributed by atoms with Crippen molar-refractivity contribution in [2.45, 2.75) is 43.6 Å². The molecule has 1 aliphatic heterocycles. The Hall–Kier alpha value is -0.0500. The van der Waals surface area contributed by atoms with E-state index >= 15 is 0 Å². The molecule has 2 nitrogen and oxygen atoms in total. The zero-order chi connectivity index (χ0) is 8.21. The second-order valence-electron chi connectivity index (χ2n) is 4.20. The van der Waals surface area contributed by atoms with Crippen molar-refractivity contribution >= 4 is 9.84 Å². The van der Waals surface area contributed by atoms with Gasteiger partial charge in [0, 0.05) is 0 Å². The monoisotopic (exact) mass is 162 g/mol. The van der Waals surface area contributed by atoms with Gasteiger partial charge in [0.15, 0.2) is 9.84 Å². The van der Waals surface area contributed by atoms with Crippen LogP contribution in [0.3, 0.4) is 0 Å². The minimum atomic E-state index is -2.84. The van der Waals surface area contributed by atoms with Gasteiger partial charge in [-0.25, -0.2) is 8.42 Å². The van der Waals surface area contributed by atoms with E-state index in [0.717, 1.165) is 6.42 Å². The minimum Gasteiger partial charge on any atom is -0.228 e. The van der Waals surface area contributed by atoms with Crippen LogP contribution in [0.4, 0.5) is 0 Å². The van der Waals surface area contributed by atoms with Crippen LogP contribution in [0.25, 0.3) is 0 Å². The van der Waals surface area contributed by atoms with Crippen LogP contribution in [0.1, 0.15) is 34.1 Å². The molecule has 0 saturated carbocycles. The van der Waals surface area contributed by atoms with Gasteiger partial charge >= 0.3 is 0 Å². The fourth-order valence-electron chi connectivity index (χ4n) is 1.88. The maximum atomic E-state index is 11.4. The molecule has 0 aromatic carbocycles. The summed E-state index contributed by atoms with van der Waals surface area (Å²) in [7, 11) is -2.84. The van der Waals surface area contributed by atoms with Gasteiger partial charge in [0.25, 0.3) is 0 Å². The average molecular weight is 162 g/mol. The van der Waals surface area contributed by atoms with Crippen molar-refractivity contribution in [2.75, 3.05) is 0 Å². The first kappa shape index (κ1) is 8.05. The maximum Gasteiger partial charge on any atom is 0.160 e. The lowest BCUT2D eigenvalue weighted by molar-refractivity contribution is 0.388. The highest BCUT2D eigenvalue weighted by Crippen LogP contribution is 2.47. The molecule has 1 heterocycles. The van der Waals surface area contributed by atoms with Crippen molar-refractivity contribution in [1.82, 2.24) is 0 Å². The van der Waals surface area contributed by atoms with Crippen LogP contribution in [-0.4, -0.2) is 17.9 Å². The summed E-state index contributed by atoms with van der Waals surface area (Å²) in [5, 5.41) is 0. The molecule has 0 unspecified atom stereocenters. The standard InChI is InChI=1S/C7H14O2S/c1-6(2)5-7(3,4)10(6,8)9/h5H2,1-4H3. The number of sulfone groups is 1. The van der Waals surface area contributed by atoms with E-state index in [-0.39, 0.29) is 0 Å². The lowest BCUT2D eigenvalue weighted by Gasteiger charge is -2.48. The van der Waals surface area contributed by atoms with Crippen molar-refractivity contribution in [1.29, 1.82) is 0 Å². The summed E-state index contributed by atoms with van der Waals surface area (Å²) in [6.45, 7) is 7.14. The average Bonchev–Trinajstić information content (AvgIpc) is 1.61. The molecule has 1 fully saturated rings. The Morgan fingerprint density at radius 1 is 1.00 bits per heavy atom. The summed E-state index contributed by atoms with van der Waals surface area (Å²) in [6, 6.07) is 0. The van der Waals surface area contributed by atoms with E-state index in [0.29, 0.717) is 0 Å². The van der Waals surface area contributed by atoms with Crippen molar-refractivity contribution in [3.63, 3.8) is 0 Å². The molecule has 1 aliphatic rings. The molecule has 0 aromatic rings. The van der Waals surface area contributed by atoms with Gasteiger partial charge in [0.05, 0.1) is 9.49 Å². The highest BCUT2D eigenvalue weighted by atomic mass is 32.2. The zero-order valence-electron chi connectivity index (χ0n) is 6.93. The lowest BCUT2D eigenvalue weighted by Crippen LogP contribution is -2.59. The molecule has 60 valence electrons. The maximum absolute atomic E-state index is 11.4. The van der Waals surface area contributed by atoms with E-state index in [4.69, 9.17) is 0 Å². The Morgan fingerprint density at radius 2 is 1.30 bits per heavy atom. The molecule has 1 rings (SSSR count). The van der Waals surface area contributed by atoms with Gasteiger partial charge in [-0.1, -0.05) is 0 Å². The quantitative estimate of drug-likeness (QED) is 0.539. The third-order valence-corrected chi connectivity index (χ3v) is 5.50. The van der Waals surface area contributed by atoms with Gasteiger partial charge in [0.1, 0.15) is 0 Å². The summed E-state index contributed by atoms with van der Waals surface area (Å²) in [5.74, 6) is 0. The smallest absolute Gasteiger partial charge is 0.160 e. The number of hydrogen-bond acceptors (Lipinski definition) is 2. The summed E-state index contributed by atoms with van der Waals surface area (Å²) in [5.41, 5.74) is 0. The van der Waals surface area contributed by atoms with Crippen LogP contribution in [0.15, 0.2) is 0 Å².